The number of pyridine rings is 1. The monoisotopic (exact) mass is 248 g/mol. The van der Waals surface area contributed by atoms with Crippen LogP contribution >= 0.6 is 0 Å². The molecule has 1 atom stereocenters. The number of ether oxygens (including phenoxy) is 1. The number of aromatic hydroxyl groups is 1. The zero-order valence-corrected chi connectivity index (χ0v) is 9.54. The molecule has 1 aliphatic heterocycles. The number of imidazole rings is 1. The maximum absolute atomic E-state index is 11.2. The van der Waals surface area contributed by atoms with Gasteiger partial charge in [0.1, 0.15) is 17.1 Å². The van der Waals surface area contributed by atoms with Crippen molar-refractivity contribution < 1.29 is 19.7 Å². The Morgan fingerprint density at radius 3 is 3.06 bits per heavy atom. The van der Waals surface area contributed by atoms with Crippen molar-refractivity contribution in [1.29, 1.82) is 0 Å². The van der Waals surface area contributed by atoms with Crippen molar-refractivity contribution in [2.45, 2.75) is 12.3 Å². The highest BCUT2D eigenvalue weighted by Crippen LogP contribution is 2.30. The SMILES string of the molecule is O=C(O)c1nc(C2CCOC2)n2cccc(O)c12. The summed E-state index contributed by atoms with van der Waals surface area (Å²) in [5.41, 5.74) is 0.127. The zero-order valence-electron chi connectivity index (χ0n) is 9.54. The second-order valence-corrected chi connectivity index (χ2v) is 4.30. The molecule has 6 heteroatoms. The van der Waals surface area contributed by atoms with Gasteiger partial charge in [-0.15, -0.1) is 0 Å². The van der Waals surface area contributed by atoms with Crippen molar-refractivity contribution in [1.82, 2.24) is 9.38 Å². The number of fused-ring (bicyclic) bond motifs is 1. The number of hydrogen-bond donors (Lipinski definition) is 2. The molecule has 2 N–H and O–H groups in total. The lowest BCUT2D eigenvalue weighted by Crippen LogP contribution is -2.04. The van der Waals surface area contributed by atoms with Gasteiger partial charge in [-0.25, -0.2) is 9.78 Å². The Hall–Kier alpha value is -2.08. The molecule has 1 saturated heterocycles. The van der Waals surface area contributed by atoms with Crippen LogP contribution in [0.3, 0.4) is 0 Å². The summed E-state index contributed by atoms with van der Waals surface area (Å²) in [6, 6.07) is 3.12. The molecule has 1 fully saturated rings. The molecule has 2 aromatic heterocycles. The number of hydrogen-bond acceptors (Lipinski definition) is 4. The summed E-state index contributed by atoms with van der Waals surface area (Å²) in [7, 11) is 0. The first kappa shape index (κ1) is 11.0. The van der Waals surface area contributed by atoms with Gasteiger partial charge in [0, 0.05) is 18.7 Å². The summed E-state index contributed by atoms with van der Waals surface area (Å²) in [5.74, 6) is -0.505. The van der Waals surface area contributed by atoms with Crippen molar-refractivity contribution in [3.8, 4) is 5.75 Å². The molecule has 0 aromatic carbocycles. The Bertz CT molecular complexity index is 614. The van der Waals surface area contributed by atoms with E-state index in [-0.39, 0.29) is 22.9 Å². The number of carboxylic acids is 1. The van der Waals surface area contributed by atoms with E-state index in [0.717, 1.165) is 6.42 Å². The topological polar surface area (TPSA) is 84.1 Å². The third-order valence-corrected chi connectivity index (χ3v) is 3.17. The highest BCUT2D eigenvalue weighted by Gasteiger charge is 2.27. The van der Waals surface area contributed by atoms with Crippen LogP contribution in [-0.4, -0.2) is 38.8 Å². The normalized spacial score (nSPS) is 19.4. The maximum Gasteiger partial charge on any atom is 0.356 e. The lowest BCUT2D eigenvalue weighted by molar-refractivity contribution is 0.0692. The van der Waals surface area contributed by atoms with E-state index in [2.05, 4.69) is 4.98 Å². The molecule has 94 valence electrons. The third-order valence-electron chi connectivity index (χ3n) is 3.17. The van der Waals surface area contributed by atoms with Crippen LogP contribution in [0.2, 0.25) is 0 Å². The minimum Gasteiger partial charge on any atom is -0.506 e. The summed E-state index contributed by atoms with van der Waals surface area (Å²) in [6.07, 6.45) is 2.52. The van der Waals surface area contributed by atoms with Gasteiger partial charge in [-0.3, -0.25) is 4.40 Å². The number of carbonyl (C=O) groups is 1. The first-order chi connectivity index (χ1) is 8.68. The first-order valence-corrected chi connectivity index (χ1v) is 5.69. The molecular weight excluding hydrogens is 236 g/mol. The summed E-state index contributed by atoms with van der Waals surface area (Å²) >= 11 is 0. The Balaban J connectivity index is 2.26. The van der Waals surface area contributed by atoms with Crippen LogP contribution in [0.1, 0.15) is 28.7 Å². The van der Waals surface area contributed by atoms with Gasteiger partial charge in [-0.1, -0.05) is 0 Å². The van der Waals surface area contributed by atoms with Gasteiger partial charge in [0.2, 0.25) is 0 Å². The lowest BCUT2D eigenvalue weighted by Gasteiger charge is -2.06. The minimum absolute atomic E-state index is 0.0763. The van der Waals surface area contributed by atoms with E-state index >= 15 is 0 Å². The van der Waals surface area contributed by atoms with Gasteiger partial charge in [0.25, 0.3) is 0 Å². The first-order valence-electron chi connectivity index (χ1n) is 5.69. The largest absolute Gasteiger partial charge is 0.506 e. The average molecular weight is 248 g/mol. The minimum atomic E-state index is -1.14. The molecule has 18 heavy (non-hydrogen) atoms. The van der Waals surface area contributed by atoms with Crippen LogP contribution in [0.15, 0.2) is 18.3 Å². The van der Waals surface area contributed by atoms with Crippen LogP contribution < -0.4 is 0 Å². The van der Waals surface area contributed by atoms with Crippen LogP contribution in [0.5, 0.6) is 5.75 Å². The summed E-state index contributed by atoms with van der Waals surface area (Å²) in [6.45, 7) is 1.19. The zero-order chi connectivity index (χ0) is 12.7. The molecule has 1 unspecified atom stereocenters. The average Bonchev–Trinajstić information content (AvgIpc) is 2.95. The fourth-order valence-corrected chi connectivity index (χ4v) is 2.32. The van der Waals surface area contributed by atoms with E-state index in [1.54, 1.807) is 16.7 Å². The highest BCUT2D eigenvalue weighted by molar-refractivity contribution is 5.95. The maximum atomic E-state index is 11.2. The Labute approximate surface area is 102 Å². The van der Waals surface area contributed by atoms with Crippen molar-refractivity contribution in [3.63, 3.8) is 0 Å². The van der Waals surface area contributed by atoms with Crippen molar-refractivity contribution in [2.75, 3.05) is 13.2 Å². The lowest BCUT2D eigenvalue weighted by atomic mass is 10.1. The van der Waals surface area contributed by atoms with Crippen molar-refractivity contribution in [3.05, 3.63) is 29.8 Å². The van der Waals surface area contributed by atoms with Crippen LogP contribution in [0, 0.1) is 0 Å². The molecule has 3 heterocycles. The fraction of sp³-hybridized carbons (Fsp3) is 0.333. The van der Waals surface area contributed by atoms with Gasteiger partial charge in [-0.05, 0) is 18.6 Å². The second-order valence-electron chi connectivity index (χ2n) is 4.30. The van der Waals surface area contributed by atoms with Gasteiger partial charge in [0.05, 0.1) is 6.61 Å². The predicted octanol–water partition coefficient (Wildman–Crippen LogP) is 1.24. The molecule has 3 rings (SSSR count). The molecule has 0 spiro atoms. The summed E-state index contributed by atoms with van der Waals surface area (Å²) in [5, 5.41) is 18.9. The summed E-state index contributed by atoms with van der Waals surface area (Å²) in [4.78, 5) is 15.3. The van der Waals surface area contributed by atoms with Gasteiger partial charge in [-0.2, -0.15) is 0 Å². The van der Waals surface area contributed by atoms with Crippen molar-refractivity contribution >= 4 is 11.5 Å². The third kappa shape index (κ3) is 1.53. The number of aromatic carboxylic acids is 1. The predicted molar refractivity (Wildman–Crippen MR) is 62.0 cm³/mol. The molecule has 6 nitrogen and oxygen atoms in total. The number of rotatable bonds is 2. The molecule has 1 aliphatic rings. The number of nitrogens with zero attached hydrogens (tertiary/aromatic N) is 2. The summed E-state index contributed by atoms with van der Waals surface area (Å²) < 4.78 is 6.93. The molecule has 0 aliphatic carbocycles. The molecule has 2 aromatic rings. The van der Waals surface area contributed by atoms with E-state index in [4.69, 9.17) is 9.84 Å². The molecule has 0 radical (unpaired) electrons. The Morgan fingerprint density at radius 1 is 1.56 bits per heavy atom. The van der Waals surface area contributed by atoms with Crippen LogP contribution in [0.4, 0.5) is 0 Å². The number of carboxylic acid groups (broad SMARTS) is 1. The van der Waals surface area contributed by atoms with E-state index in [9.17, 15) is 9.90 Å². The second kappa shape index (κ2) is 3.99. The smallest absolute Gasteiger partial charge is 0.356 e. The molecule has 0 bridgehead atoms. The van der Waals surface area contributed by atoms with E-state index < -0.39 is 5.97 Å². The Morgan fingerprint density at radius 2 is 2.39 bits per heavy atom. The fourth-order valence-electron chi connectivity index (χ4n) is 2.32. The van der Waals surface area contributed by atoms with E-state index in [1.165, 1.54) is 6.07 Å². The Kier molecular flexibility index (Phi) is 2.45. The molecule has 0 saturated carbocycles. The number of aromatic nitrogens is 2. The van der Waals surface area contributed by atoms with Crippen LogP contribution in [-0.2, 0) is 4.74 Å². The van der Waals surface area contributed by atoms with E-state index in [0.29, 0.717) is 19.0 Å². The van der Waals surface area contributed by atoms with E-state index in [1.807, 2.05) is 0 Å². The standard InChI is InChI=1S/C12H12N2O4/c15-8-2-1-4-14-10(8)9(12(16)17)13-11(14)7-3-5-18-6-7/h1-2,4,7,15H,3,5-6H2,(H,16,17). The van der Waals surface area contributed by atoms with Crippen LogP contribution in [0.25, 0.3) is 5.52 Å². The molecular formula is C12H12N2O4. The quantitative estimate of drug-likeness (QED) is 0.835. The van der Waals surface area contributed by atoms with Gasteiger partial charge < -0.3 is 14.9 Å². The van der Waals surface area contributed by atoms with Gasteiger partial charge in [0.15, 0.2) is 5.69 Å². The van der Waals surface area contributed by atoms with Gasteiger partial charge >= 0.3 is 5.97 Å². The van der Waals surface area contributed by atoms with Crippen molar-refractivity contribution in [2.24, 2.45) is 0 Å². The highest BCUT2D eigenvalue weighted by atomic mass is 16.5. The molecule has 0 amide bonds.